The van der Waals surface area contributed by atoms with Gasteiger partial charge in [-0.05, 0) is 31.4 Å². The molecule has 1 aliphatic rings. The molecule has 0 spiro atoms. The number of imidazole rings is 1. The molecule has 2 aromatic rings. The van der Waals surface area contributed by atoms with Crippen LogP contribution in [0.4, 0.5) is 0 Å². The van der Waals surface area contributed by atoms with Gasteiger partial charge in [0.1, 0.15) is 0 Å². The Morgan fingerprint density at radius 2 is 2.20 bits per heavy atom. The zero-order valence-electron chi connectivity index (χ0n) is 14.8. The average Bonchev–Trinajstić information content (AvgIpc) is 3.15. The van der Waals surface area contributed by atoms with Crippen LogP contribution < -0.4 is 0 Å². The number of likely N-dealkylation sites (tertiary alicyclic amines) is 1. The van der Waals surface area contributed by atoms with Gasteiger partial charge < -0.3 is 14.6 Å². The molecule has 5 nitrogen and oxygen atoms in total. The molecule has 1 aromatic heterocycles. The lowest BCUT2D eigenvalue weighted by molar-refractivity contribution is -0.130. The van der Waals surface area contributed by atoms with E-state index in [1.165, 1.54) is 11.1 Å². The smallest absolute Gasteiger partial charge is 0.246 e. The molecule has 1 amide bonds. The maximum atomic E-state index is 12.5. The monoisotopic (exact) mass is 339 g/mol. The first kappa shape index (κ1) is 17.4. The van der Waals surface area contributed by atoms with Crippen molar-refractivity contribution in [3.63, 3.8) is 0 Å². The van der Waals surface area contributed by atoms with Crippen molar-refractivity contribution < 1.29 is 9.53 Å². The first-order chi connectivity index (χ1) is 12.2. The number of hydrogen-bond acceptors (Lipinski definition) is 3. The van der Waals surface area contributed by atoms with Crippen LogP contribution in [0, 0.1) is 12.8 Å². The van der Waals surface area contributed by atoms with Gasteiger partial charge in [0.15, 0.2) is 0 Å². The van der Waals surface area contributed by atoms with Gasteiger partial charge in [0.05, 0.1) is 24.3 Å². The lowest BCUT2D eigenvalue weighted by Gasteiger charge is -2.37. The summed E-state index contributed by atoms with van der Waals surface area (Å²) in [4.78, 5) is 21.3. The summed E-state index contributed by atoms with van der Waals surface area (Å²) in [5, 5.41) is 0. The Balaban J connectivity index is 1.65. The van der Waals surface area contributed by atoms with Crippen molar-refractivity contribution in [3.05, 3.63) is 59.7 Å². The molecule has 132 valence electrons. The van der Waals surface area contributed by atoms with Crippen molar-refractivity contribution in [2.45, 2.75) is 25.9 Å². The molecule has 0 radical (unpaired) electrons. The van der Waals surface area contributed by atoms with E-state index in [1.807, 2.05) is 4.90 Å². The third kappa shape index (κ3) is 4.57. The van der Waals surface area contributed by atoms with Crippen LogP contribution in [-0.4, -0.2) is 47.1 Å². The van der Waals surface area contributed by atoms with E-state index in [9.17, 15) is 4.79 Å². The Hall–Kier alpha value is -2.40. The van der Waals surface area contributed by atoms with Gasteiger partial charge in [-0.2, -0.15) is 0 Å². The molecular formula is C20H25N3O2. The van der Waals surface area contributed by atoms with Gasteiger partial charge in [-0.1, -0.05) is 29.8 Å². The minimum atomic E-state index is 0.0399. The van der Waals surface area contributed by atoms with Gasteiger partial charge in [-0.15, -0.1) is 0 Å². The molecule has 0 aliphatic carbocycles. The second-order valence-corrected chi connectivity index (χ2v) is 6.64. The van der Waals surface area contributed by atoms with E-state index in [2.05, 4.69) is 41.2 Å². The number of ether oxygens (including phenoxy) is 1. The largest absolute Gasteiger partial charge is 0.381 e. The Morgan fingerprint density at radius 1 is 1.40 bits per heavy atom. The van der Waals surface area contributed by atoms with Crippen LogP contribution >= 0.6 is 0 Å². The molecule has 1 fully saturated rings. The summed E-state index contributed by atoms with van der Waals surface area (Å²) >= 11 is 0. The molecule has 2 heterocycles. The number of piperidine rings is 1. The molecule has 3 rings (SSSR count). The molecule has 1 saturated heterocycles. The van der Waals surface area contributed by atoms with Gasteiger partial charge in [-0.3, -0.25) is 4.79 Å². The molecule has 2 atom stereocenters. The van der Waals surface area contributed by atoms with Crippen LogP contribution in [0.5, 0.6) is 0 Å². The number of benzene rings is 1. The molecule has 1 aromatic carbocycles. The normalized spacial score (nSPS) is 21.0. The molecule has 0 unspecified atom stereocenters. The van der Waals surface area contributed by atoms with Crippen LogP contribution in [0.1, 0.15) is 23.2 Å². The highest BCUT2D eigenvalue weighted by Crippen LogP contribution is 2.24. The average molecular weight is 339 g/mol. The second kappa shape index (κ2) is 8.12. The first-order valence-corrected chi connectivity index (χ1v) is 8.69. The van der Waals surface area contributed by atoms with E-state index in [-0.39, 0.29) is 12.0 Å². The van der Waals surface area contributed by atoms with Crippen LogP contribution in [0.2, 0.25) is 0 Å². The molecule has 1 N–H and O–H groups in total. The van der Waals surface area contributed by atoms with Crippen LogP contribution in [0.25, 0.3) is 6.08 Å². The summed E-state index contributed by atoms with van der Waals surface area (Å²) in [6.45, 7) is 3.54. The fraction of sp³-hybridized carbons (Fsp3) is 0.400. The van der Waals surface area contributed by atoms with Crippen molar-refractivity contribution in [1.29, 1.82) is 0 Å². The number of carbonyl (C=O) groups excluding carboxylic acids is 1. The number of H-pyrrole nitrogens is 1. The zero-order valence-corrected chi connectivity index (χ0v) is 14.8. The summed E-state index contributed by atoms with van der Waals surface area (Å²) in [6.07, 6.45) is 8.68. The minimum Gasteiger partial charge on any atom is -0.381 e. The van der Waals surface area contributed by atoms with Crippen molar-refractivity contribution >= 4 is 12.0 Å². The number of rotatable bonds is 5. The molecule has 5 heteroatoms. The molecular weight excluding hydrogens is 314 g/mol. The number of hydrogen-bond donors (Lipinski definition) is 1. The third-order valence-corrected chi connectivity index (χ3v) is 4.82. The second-order valence-electron chi connectivity index (χ2n) is 6.64. The van der Waals surface area contributed by atoms with Gasteiger partial charge in [0.2, 0.25) is 5.91 Å². The molecule has 0 bridgehead atoms. The quantitative estimate of drug-likeness (QED) is 0.852. The number of nitrogens with one attached hydrogen (secondary N) is 1. The SMILES string of the molecule is CO[C@H]1CCN(C(=O)/C=C/c2cnc[nH]2)C[C@H]1Cc1ccc(C)cc1. The highest BCUT2D eigenvalue weighted by molar-refractivity contribution is 5.91. The Morgan fingerprint density at radius 3 is 2.88 bits per heavy atom. The van der Waals surface area contributed by atoms with Gasteiger partial charge in [0.25, 0.3) is 0 Å². The van der Waals surface area contributed by atoms with E-state index in [4.69, 9.17) is 4.74 Å². The van der Waals surface area contributed by atoms with Crippen molar-refractivity contribution in [1.82, 2.24) is 14.9 Å². The number of nitrogens with zero attached hydrogens (tertiary/aromatic N) is 2. The van der Waals surface area contributed by atoms with E-state index in [0.717, 1.165) is 31.6 Å². The van der Waals surface area contributed by atoms with Crippen LogP contribution in [0.3, 0.4) is 0 Å². The predicted octanol–water partition coefficient (Wildman–Crippen LogP) is 2.84. The van der Waals surface area contributed by atoms with E-state index >= 15 is 0 Å². The first-order valence-electron chi connectivity index (χ1n) is 8.69. The van der Waals surface area contributed by atoms with Crippen molar-refractivity contribution in [2.24, 2.45) is 5.92 Å². The molecule has 25 heavy (non-hydrogen) atoms. The van der Waals surface area contributed by atoms with Crippen molar-refractivity contribution in [2.75, 3.05) is 20.2 Å². The summed E-state index contributed by atoms with van der Waals surface area (Å²) in [5.41, 5.74) is 3.38. The maximum Gasteiger partial charge on any atom is 0.246 e. The Kier molecular flexibility index (Phi) is 5.66. The minimum absolute atomic E-state index is 0.0399. The fourth-order valence-corrected chi connectivity index (χ4v) is 3.37. The van der Waals surface area contributed by atoms with E-state index in [0.29, 0.717) is 5.92 Å². The number of aromatic amines is 1. The topological polar surface area (TPSA) is 58.2 Å². The summed E-state index contributed by atoms with van der Waals surface area (Å²) in [6, 6.07) is 8.61. The predicted molar refractivity (Wildman–Crippen MR) is 98.0 cm³/mol. The summed E-state index contributed by atoms with van der Waals surface area (Å²) < 4.78 is 5.68. The molecule has 1 aliphatic heterocycles. The fourth-order valence-electron chi connectivity index (χ4n) is 3.37. The van der Waals surface area contributed by atoms with Gasteiger partial charge >= 0.3 is 0 Å². The van der Waals surface area contributed by atoms with Crippen LogP contribution in [0.15, 0.2) is 42.9 Å². The van der Waals surface area contributed by atoms with E-state index in [1.54, 1.807) is 31.8 Å². The number of aryl methyl sites for hydroxylation is 1. The van der Waals surface area contributed by atoms with Gasteiger partial charge in [-0.25, -0.2) is 4.98 Å². The lowest BCUT2D eigenvalue weighted by atomic mass is 9.88. The number of amides is 1. The number of methoxy groups -OCH3 is 1. The number of aromatic nitrogens is 2. The van der Waals surface area contributed by atoms with Crippen molar-refractivity contribution in [3.8, 4) is 0 Å². The third-order valence-electron chi connectivity index (χ3n) is 4.82. The summed E-state index contributed by atoms with van der Waals surface area (Å²) in [5.74, 6) is 0.351. The summed E-state index contributed by atoms with van der Waals surface area (Å²) in [7, 11) is 1.77. The Bertz CT molecular complexity index is 707. The zero-order chi connectivity index (χ0) is 17.6. The van der Waals surface area contributed by atoms with Gasteiger partial charge in [0, 0.05) is 32.2 Å². The maximum absolute atomic E-state index is 12.5. The number of carbonyl (C=O) groups is 1. The lowest BCUT2D eigenvalue weighted by Crippen LogP contribution is -2.46. The standard InChI is InChI=1S/C20H25N3O2/c1-15-3-5-16(6-4-15)11-17-13-23(10-9-19(17)25-2)20(24)8-7-18-12-21-14-22-18/h3-8,12,14,17,19H,9-11,13H2,1-2H3,(H,21,22)/b8-7+/t17-,19+/m1/s1. The Labute approximate surface area is 148 Å². The molecule has 0 saturated carbocycles. The van der Waals surface area contributed by atoms with Crippen LogP contribution in [-0.2, 0) is 16.0 Å². The van der Waals surface area contributed by atoms with E-state index < -0.39 is 0 Å². The highest BCUT2D eigenvalue weighted by Gasteiger charge is 2.30. The highest BCUT2D eigenvalue weighted by atomic mass is 16.5.